The zero-order chi connectivity index (χ0) is 13.9. The summed E-state index contributed by atoms with van der Waals surface area (Å²) >= 11 is 0. The Kier molecular flexibility index (Phi) is 4.37. The van der Waals surface area contributed by atoms with Crippen LogP contribution in [0.1, 0.15) is 26.6 Å². The van der Waals surface area contributed by atoms with Gasteiger partial charge in [0.1, 0.15) is 11.6 Å². The van der Waals surface area contributed by atoms with Gasteiger partial charge in [-0.25, -0.2) is 9.97 Å². The number of alkyl halides is 3. The molecule has 1 rings (SSSR count). The van der Waals surface area contributed by atoms with Crippen molar-refractivity contribution in [1.29, 1.82) is 0 Å². The Morgan fingerprint density at radius 3 is 2.33 bits per heavy atom. The van der Waals surface area contributed by atoms with Gasteiger partial charge in [-0.1, -0.05) is 0 Å². The number of anilines is 2. The maximum absolute atomic E-state index is 12.7. The maximum atomic E-state index is 12.7. The van der Waals surface area contributed by atoms with E-state index in [9.17, 15) is 13.2 Å². The van der Waals surface area contributed by atoms with Crippen LogP contribution >= 0.6 is 0 Å². The molecule has 0 aromatic carbocycles. The highest BCUT2D eigenvalue weighted by Gasteiger charge is 2.35. The van der Waals surface area contributed by atoms with E-state index < -0.39 is 12.0 Å². The van der Waals surface area contributed by atoms with Crippen molar-refractivity contribution in [3.8, 4) is 0 Å². The highest BCUT2D eigenvalue weighted by atomic mass is 19.4. The lowest BCUT2D eigenvalue weighted by molar-refractivity contribution is -0.144. The molecule has 1 aromatic heterocycles. The van der Waals surface area contributed by atoms with Gasteiger partial charge in [0, 0.05) is 25.7 Å². The van der Waals surface area contributed by atoms with E-state index in [2.05, 4.69) is 15.3 Å². The molecule has 0 saturated carbocycles. The molecule has 0 amide bonds. The maximum Gasteiger partial charge on any atom is 0.451 e. The standard InChI is InChI=1S/C11H17F3N4/c1-5-18(7(2)3)9-6-8(15-4)16-10(17-9)11(12,13)14/h6-7H,5H2,1-4H3,(H,15,16,17). The molecule has 18 heavy (non-hydrogen) atoms. The topological polar surface area (TPSA) is 41.0 Å². The molecule has 1 aromatic rings. The normalized spacial score (nSPS) is 11.8. The summed E-state index contributed by atoms with van der Waals surface area (Å²) in [5.74, 6) is -0.686. The van der Waals surface area contributed by atoms with Gasteiger partial charge in [-0.3, -0.25) is 0 Å². The van der Waals surface area contributed by atoms with Crippen LogP contribution in [0.5, 0.6) is 0 Å². The van der Waals surface area contributed by atoms with Gasteiger partial charge < -0.3 is 10.2 Å². The van der Waals surface area contributed by atoms with Crippen molar-refractivity contribution < 1.29 is 13.2 Å². The van der Waals surface area contributed by atoms with Crippen LogP contribution in [0, 0.1) is 0 Å². The minimum atomic E-state index is -4.54. The SMILES string of the molecule is CCN(c1cc(NC)nc(C(F)(F)F)n1)C(C)C. The fourth-order valence-corrected chi connectivity index (χ4v) is 1.63. The van der Waals surface area contributed by atoms with E-state index in [1.165, 1.54) is 13.1 Å². The van der Waals surface area contributed by atoms with Gasteiger partial charge in [0.15, 0.2) is 0 Å². The average Bonchev–Trinajstić information content (AvgIpc) is 2.27. The molecule has 0 atom stereocenters. The largest absolute Gasteiger partial charge is 0.451 e. The Bertz CT molecular complexity index is 404. The third-order valence-electron chi connectivity index (χ3n) is 2.48. The summed E-state index contributed by atoms with van der Waals surface area (Å²) in [4.78, 5) is 8.80. The Balaban J connectivity index is 3.27. The first-order valence-electron chi connectivity index (χ1n) is 5.70. The molecular formula is C11H17F3N4. The van der Waals surface area contributed by atoms with Crippen molar-refractivity contribution in [3.05, 3.63) is 11.9 Å². The minimum Gasteiger partial charge on any atom is -0.373 e. The van der Waals surface area contributed by atoms with Crippen molar-refractivity contribution in [1.82, 2.24) is 9.97 Å². The Hall–Kier alpha value is -1.53. The second-order valence-electron chi connectivity index (χ2n) is 4.06. The zero-order valence-electron chi connectivity index (χ0n) is 10.8. The Morgan fingerprint density at radius 1 is 1.33 bits per heavy atom. The summed E-state index contributed by atoms with van der Waals surface area (Å²) in [5, 5.41) is 2.62. The van der Waals surface area contributed by atoms with Gasteiger partial charge in [0.2, 0.25) is 5.82 Å². The van der Waals surface area contributed by atoms with Crippen LogP contribution in [-0.2, 0) is 6.18 Å². The summed E-state index contributed by atoms with van der Waals surface area (Å²) in [6, 6.07) is 1.58. The van der Waals surface area contributed by atoms with Crippen LogP contribution in [0.15, 0.2) is 6.07 Å². The lowest BCUT2D eigenvalue weighted by atomic mass is 10.3. The van der Waals surface area contributed by atoms with Crippen molar-refractivity contribution in [2.45, 2.75) is 33.0 Å². The molecule has 7 heteroatoms. The number of nitrogens with zero attached hydrogens (tertiary/aromatic N) is 3. The zero-order valence-corrected chi connectivity index (χ0v) is 10.8. The number of hydrogen-bond donors (Lipinski definition) is 1. The average molecular weight is 262 g/mol. The molecule has 0 aliphatic rings. The first-order chi connectivity index (χ1) is 8.29. The summed E-state index contributed by atoms with van der Waals surface area (Å²) in [6.45, 7) is 6.25. The van der Waals surface area contributed by atoms with E-state index in [4.69, 9.17) is 0 Å². The lowest BCUT2D eigenvalue weighted by Crippen LogP contribution is -2.32. The lowest BCUT2D eigenvalue weighted by Gasteiger charge is -2.27. The van der Waals surface area contributed by atoms with Crippen LogP contribution < -0.4 is 10.2 Å². The molecule has 0 fully saturated rings. The highest BCUT2D eigenvalue weighted by molar-refractivity contribution is 5.49. The van der Waals surface area contributed by atoms with E-state index in [0.29, 0.717) is 6.54 Å². The molecule has 102 valence electrons. The summed E-state index contributed by atoms with van der Waals surface area (Å²) in [6.07, 6.45) is -4.54. The van der Waals surface area contributed by atoms with E-state index in [-0.39, 0.29) is 17.7 Å². The smallest absolute Gasteiger partial charge is 0.373 e. The van der Waals surface area contributed by atoms with Crippen LogP contribution in [0.3, 0.4) is 0 Å². The van der Waals surface area contributed by atoms with Gasteiger partial charge in [0.05, 0.1) is 0 Å². The first kappa shape index (κ1) is 14.5. The fourth-order valence-electron chi connectivity index (χ4n) is 1.63. The number of halogens is 3. The van der Waals surface area contributed by atoms with Crippen molar-refractivity contribution in [3.63, 3.8) is 0 Å². The molecular weight excluding hydrogens is 245 g/mol. The van der Waals surface area contributed by atoms with Crippen LogP contribution in [0.25, 0.3) is 0 Å². The molecule has 0 aliphatic heterocycles. The fraction of sp³-hybridized carbons (Fsp3) is 0.636. The highest BCUT2D eigenvalue weighted by Crippen LogP contribution is 2.29. The minimum absolute atomic E-state index is 0.0655. The summed E-state index contributed by atoms with van der Waals surface area (Å²) in [5.41, 5.74) is 0. The van der Waals surface area contributed by atoms with E-state index in [1.54, 1.807) is 4.90 Å². The molecule has 4 nitrogen and oxygen atoms in total. The summed E-state index contributed by atoms with van der Waals surface area (Å²) < 4.78 is 38.0. The number of hydrogen-bond acceptors (Lipinski definition) is 4. The first-order valence-corrected chi connectivity index (χ1v) is 5.70. The van der Waals surface area contributed by atoms with Gasteiger partial charge >= 0.3 is 6.18 Å². The van der Waals surface area contributed by atoms with Crippen LogP contribution in [-0.4, -0.2) is 29.6 Å². The van der Waals surface area contributed by atoms with Gasteiger partial charge in [-0.05, 0) is 20.8 Å². The van der Waals surface area contributed by atoms with E-state index in [0.717, 1.165) is 0 Å². The molecule has 0 spiro atoms. The summed E-state index contributed by atoms with van der Waals surface area (Å²) in [7, 11) is 1.53. The number of rotatable bonds is 4. The molecule has 0 unspecified atom stereocenters. The third-order valence-corrected chi connectivity index (χ3v) is 2.48. The van der Waals surface area contributed by atoms with Crippen molar-refractivity contribution in [2.24, 2.45) is 0 Å². The molecule has 0 radical (unpaired) electrons. The number of aromatic nitrogens is 2. The molecule has 1 heterocycles. The predicted octanol–water partition coefficient (Wildman–Crippen LogP) is 2.77. The van der Waals surface area contributed by atoms with Gasteiger partial charge in [0.25, 0.3) is 0 Å². The Morgan fingerprint density at radius 2 is 1.94 bits per heavy atom. The molecule has 0 bridgehead atoms. The second-order valence-corrected chi connectivity index (χ2v) is 4.06. The van der Waals surface area contributed by atoms with Crippen LogP contribution in [0.4, 0.5) is 24.8 Å². The second kappa shape index (κ2) is 5.41. The Labute approximate surface area is 104 Å². The molecule has 1 N–H and O–H groups in total. The van der Waals surface area contributed by atoms with Crippen molar-refractivity contribution >= 4 is 11.6 Å². The van der Waals surface area contributed by atoms with Crippen molar-refractivity contribution in [2.75, 3.05) is 23.8 Å². The predicted molar refractivity (Wildman–Crippen MR) is 64.7 cm³/mol. The third kappa shape index (κ3) is 3.24. The van der Waals surface area contributed by atoms with Gasteiger partial charge in [-0.2, -0.15) is 13.2 Å². The monoisotopic (exact) mass is 262 g/mol. The molecule has 0 saturated heterocycles. The van der Waals surface area contributed by atoms with Crippen LogP contribution in [0.2, 0.25) is 0 Å². The van der Waals surface area contributed by atoms with E-state index >= 15 is 0 Å². The molecule has 0 aliphatic carbocycles. The van der Waals surface area contributed by atoms with Gasteiger partial charge in [-0.15, -0.1) is 0 Å². The van der Waals surface area contributed by atoms with E-state index in [1.807, 2.05) is 20.8 Å². The number of nitrogens with one attached hydrogen (secondary N) is 1. The quantitative estimate of drug-likeness (QED) is 0.906.